The van der Waals surface area contributed by atoms with Crippen molar-refractivity contribution in [2.24, 2.45) is 5.92 Å². The van der Waals surface area contributed by atoms with Crippen LogP contribution in [0, 0.1) is 5.92 Å². The SMILES string of the molecule is COC[C@H]1CC[C@H]2[C@H]1OCCN2C(=O)CNC(C)=O. The zero-order valence-corrected chi connectivity index (χ0v) is 11.6. The maximum atomic E-state index is 12.1. The van der Waals surface area contributed by atoms with E-state index in [1.165, 1.54) is 6.92 Å². The van der Waals surface area contributed by atoms with Gasteiger partial charge in [0.05, 0.1) is 31.9 Å². The number of carbonyl (C=O) groups is 2. The van der Waals surface area contributed by atoms with Gasteiger partial charge in [0, 0.05) is 26.5 Å². The van der Waals surface area contributed by atoms with Crippen LogP contribution in [0.4, 0.5) is 0 Å². The minimum absolute atomic E-state index is 0.0217. The minimum Gasteiger partial charge on any atom is -0.384 e. The van der Waals surface area contributed by atoms with Crippen molar-refractivity contribution in [3.05, 3.63) is 0 Å². The summed E-state index contributed by atoms with van der Waals surface area (Å²) >= 11 is 0. The molecule has 2 fully saturated rings. The molecule has 2 aliphatic rings. The van der Waals surface area contributed by atoms with Gasteiger partial charge in [0.25, 0.3) is 0 Å². The summed E-state index contributed by atoms with van der Waals surface area (Å²) in [7, 11) is 1.69. The smallest absolute Gasteiger partial charge is 0.242 e. The van der Waals surface area contributed by atoms with Crippen LogP contribution in [-0.2, 0) is 19.1 Å². The number of hydrogen-bond donors (Lipinski definition) is 1. The van der Waals surface area contributed by atoms with Gasteiger partial charge in [-0.05, 0) is 12.8 Å². The normalized spacial score (nSPS) is 30.0. The van der Waals surface area contributed by atoms with Gasteiger partial charge in [-0.25, -0.2) is 0 Å². The molecule has 1 N–H and O–H groups in total. The molecule has 3 atom stereocenters. The van der Waals surface area contributed by atoms with Gasteiger partial charge in [0.15, 0.2) is 0 Å². The van der Waals surface area contributed by atoms with E-state index in [9.17, 15) is 9.59 Å². The van der Waals surface area contributed by atoms with Crippen LogP contribution in [0.5, 0.6) is 0 Å². The maximum absolute atomic E-state index is 12.1. The lowest BCUT2D eigenvalue weighted by atomic mass is 10.0. The Balaban J connectivity index is 1.95. The van der Waals surface area contributed by atoms with E-state index in [0.29, 0.717) is 25.7 Å². The van der Waals surface area contributed by atoms with Crippen LogP contribution in [0.1, 0.15) is 19.8 Å². The number of amides is 2. The van der Waals surface area contributed by atoms with E-state index in [2.05, 4.69) is 5.32 Å². The highest BCUT2D eigenvalue weighted by molar-refractivity contribution is 5.84. The molecule has 1 aliphatic heterocycles. The molecule has 2 amide bonds. The molecule has 0 aromatic carbocycles. The van der Waals surface area contributed by atoms with Gasteiger partial charge in [0.1, 0.15) is 0 Å². The summed E-state index contributed by atoms with van der Waals surface area (Å²) in [6.45, 7) is 3.34. The quantitative estimate of drug-likeness (QED) is 0.766. The van der Waals surface area contributed by atoms with Crippen molar-refractivity contribution in [1.82, 2.24) is 10.2 Å². The van der Waals surface area contributed by atoms with Gasteiger partial charge in [-0.15, -0.1) is 0 Å². The van der Waals surface area contributed by atoms with Gasteiger partial charge in [-0.1, -0.05) is 0 Å². The average Bonchev–Trinajstić information content (AvgIpc) is 2.80. The molecule has 0 spiro atoms. The van der Waals surface area contributed by atoms with E-state index in [1.807, 2.05) is 4.90 Å². The van der Waals surface area contributed by atoms with Crippen molar-refractivity contribution >= 4 is 11.8 Å². The number of nitrogens with one attached hydrogen (secondary N) is 1. The molecule has 6 nitrogen and oxygen atoms in total. The molecule has 108 valence electrons. The Bertz CT molecular complexity index is 348. The van der Waals surface area contributed by atoms with E-state index in [-0.39, 0.29) is 30.5 Å². The fourth-order valence-corrected chi connectivity index (χ4v) is 3.06. The van der Waals surface area contributed by atoms with Crippen molar-refractivity contribution in [3.8, 4) is 0 Å². The summed E-state index contributed by atoms with van der Waals surface area (Å²) in [5.74, 6) is 0.166. The molecule has 1 saturated carbocycles. The predicted molar refractivity (Wildman–Crippen MR) is 68.5 cm³/mol. The third kappa shape index (κ3) is 3.25. The Labute approximate surface area is 113 Å². The van der Waals surface area contributed by atoms with Crippen LogP contribution < -0.4 is 5.32 Å². The van der Waals surface area contributed by atoms with Crippen LogP contribution in [0.2, 0.25) is 0 Å². The fraction of sp³-hybridized carbons (Fsp3) is 0.846. The zero-order valence-electron chi connectivity index (χ0n) is 11.6. The highest BCUT2D eigenvalue weighted by atomic mass is 16.5. The van der Waals surface area contributed by atoms with Gasteiger partial charge >= 0.3 is 0 Å². The topological polar surface area (TPSA) is 67.9 Å². The largest absolute Gasteiger partial charge is 0.384 e. The predicted octanol–water partition coefficient (Wildman–Crippen LogP) is -0.225. The molecule has 0 aromatic rings. The minimum atomic E-state index is -0.179. The van der Waals surface area contributed by atoms with Crippen molar-refractivity contribution in [3.63, 3.8) is 0 Å². The molecule has 0 aromatic heterocycles. The van der Waals surface area contributed by atoms with E-state index in [0.717, 1.165) is 12.8 Å². The first-order chi connectivity index (χ1) is 9.13. The van der Waals surface area contributed by atoms with Crippen molar-refractivity contribution in [1.29, 1.82) is 0 Å². The third-order valence-corrected chi connectivity index (χ3v) is 3.91. The molecule has 1 heterocycles. The number of rotatable bonds is 4. The molecule has 1 saturated heterocycles. The van der Waals surface area contributed by atoms with E-state index in [4.69, 9.17) is 9.47 Å². The summed E-state index contributed by atoms with van der Waals surface area (Å²) in [4.78, 5) is 24.9. The number of nitrogens with zero attached hydrogens (tertiary/aromatic N) is 1. The van der Waals surface area contributed by atoms with Crippen LogP contribution in [0.25, 0.3) is 0 Å². The Hall–Kier alpha value is -1.14. The first-order valence-electron chi connectivity index (χ1n) is 6.78. The lowest BCUT2D eigenvalue weighted by Gasteiger charge is -2.39. The molecule has 0 bridgehead atoms. The highest BCUT2D eigenvalue weighted by Gasteiger charge is 2.44. The Morgan fingerprint density at radius 2 is 2.21 bits per heavy atom. The summed E-state index contributed by atoms with van der Waals surface area (Å²) in [5, 5.41) is 2.56. The second kappa shape index (κ2) is 6.34. The molecule has 0 unspecified atom stereocenters. The lowest BCUT2D eigenvalue weighted by molar-refractivity contribution is -0.146. The molecular weight excluding hydrogens is 248 g/mol. The van der Waals surface area contributed by atoms with Crippen LogP contribution >= 0.6 is 0 Å². The van der Waals surface area contributed by atoms with Crippen LogP contribution in [-0.4, -0.2) is 62.3 Å². The second-order valence-corrected chi connectivity index (χ2v) is 5.19. The van der Waals surface area contributed by atoms with Crippen LogP contribution in [0.15, 0.2) is 0 Å². The summed E-state index contributed by atoms with van der Waals surface area (Å²) in [6, 6.07) is 0.134. The van der Waals surface area contributed by atoms with E-state index >= 15 is 0 Å². The molecular formula is C13H22N2O4. The summed E-state index contributed by atoms with van der Waals surface area (Å²) in [5.41, 5.74) is 0. The Kier molecular flexibility index (Phi) is 4.76. The van der Waals surface area contributed by atoms with Crippen molar-refractivity contribution < 1.29 is 19.1 Å². The standard InChI is InChI=1S/C13H22N2O4/c1-9(16)14-7-12(17)15-5-6-19-13-10(8-18-2)3-4-11(13)15/h10-11,13H,3-8H2,1-2H3,(H,14,16)/t10-,11+,13+/m1/s1. The lowest BCUT2D eigenvalue weighted by Crippen LogP contribution is -2.55. The molecule has 6 heteroatoms. The van der Waals surface area contributed by atoms with Crippen molar-refractivity contribution in [2.45, 2.75) is 31.9 Å². The molecule has 1 aliphatic carbocycles. The molecule has 0 radical (unpaired) electrons. The van der Waals surface area contributed by atoms with Crippen molar-refractivity contribution in [2.75, 3.05) is 33.4 Å². The number of hydrogen-bond acceptors (Lipinski definition) is 4. The number of fused-ring (bicyclic) bond motifs is 1. The first kappa shape index (κ1) is 14.3. The molecule has 2 rings (SSSR count). The number of morpholine rings is 1. The number of carbonyl (C=O) groups excluding carboxylic acids is 2. The Morgan fingerprint density at radius 1 is 1.42 bits per heavy atom. The average molecular weight is 270 g/mol. The van der Waals surface area contributed by atoms with Gasteiger partial charge < -0.3 is 19.7 Å². The van der Waals surface area contributed by atoms with Crippen LogP contribution in [0.3, 0.4) is 0 Å². The summed E-state index contributed by atoms with van der Waals surface area (Å²) < 4.78 is 11.0. The van der Waals surface area contributed by atoms with Gasteiger partial charge in [0.2, 0.25) is 11.8 Å². The number of methoxy groups -OCH3 is 1. The third-order valence-electron chi connectivity index (χ3n) is 3.91. The second-order valence-electron chi connectivity index (χ2n) is 5.19. The summed E-state index contributed by atoms with van der Waals surface area (Å²) in [6.07, 6.45) is 2.05. The monoisotopic (exact) mass is 270 g/mol. The maximum Gasteiger partial charge on any atom is 0.242 e. The van der Waals surface area contributed by atoms with Gasteiger partial charge in [-0.2, -0.15) is 0 Å². The Morgan fingerprint density at radius 3 is 2.89 bits per heavy atom. The van der Waals surface area contributed by atoms with E-state index < -0.39 is 0 Å². The highest BCUT2D eigenvalue weighted by Crippen LogP contribution is 2.34. The number of ether oxygens (including phenoxy) is 2. The fourth-order valence-electron chi connectivity index (χ4n) is 3.06. The van der Waals surface area contributed by atoms with Gasteiger partial charge in [-0.3, -0.25) is 9.59 Å². The molecule has 19 heavy (non-hydrogen) atoms. The first-order valence-corrected chi connectivity index (χ1v) is 6.78. The zero-order chi connectivity index (χ0) is 13.8. The van der Waals surface area contributed by atoms with E-state index in [1.54, 1.807) is 7.11 Å².